The van der Waals surface area contributed by atoms with Crippen molar-refractivity contribution < 1.29 is 33.4 Å². The molecular formula is C20H34N2O7. The first-order valence-electron chi connectivity index (χ1n) is 9.83. The lowest BCUT2D eigenvalue weighted by molar-refractivity contribution is -0.156. The van der Waals surface area contributed by atoms with Gasteiger partial charge in [-0.15, -0.1) is 0 Å². The van der Waals surface area contributed by atoms with Gasteiger partial charge in [0.25, 0.3) is 0 Å². The van der Waals surface area contributed by atoms with Gasteiger partial charge in [-0.25, -0.2) is 9.59 Å². The molecule has 1 N–H and O–H groups in total. The third-order valence-electron chi connectivity index (χ3n) is 4.06. The van der Waals surface area contributed by atoms with E-state index in [2.05, 4.69) is 5.32 Å². The van der Waals surface area contributed by atoms with E-state index in [9.17, 15) is 19.2 Å². The maximum atomic E-state index is 13.1. The van der Waals surface area contributed by atoms with Crippen LogP contribution in [-0.4, -0.2) is 65.8 Å². The van der Waals surface area contributed by atoms with Gasteiger partial charge in [0.2, 0.25) is 5.91 Å². The molecule has 0 spiro atoms. The number of nitrogens with one attached hydrogen (secondary N) is 1. The maximum absolute atomic E-state index is 13.1. The Morgan fingerprint density at radius 1 is 1.03 bits per heavy atom. The summed E-state index contributed by atoms with van der Waals surface area (Å²) in [5.74, 6) is -1.43. The van der Waals surface area contributed by atoms with Gasteiger partial charge in [-0.3, -0.25) is 9.59 Å². The summed E-state index contributed by atoms with van der Waals surface area (Å²) >= 11 is 0. The predicted octanol–water partition coefficient (Wildman–Crippen LogP) is 2.17. The normalized spacial score (nSPS) is 18.0. The highest BCUT2D eigenvalue weighted by atomic mass is 16.6. The van der Waals surface area contributed by atoms with Crippen LogP contribution in [0.2, 0.25) is 0 Å². The van der Waals surface area contributed by atoms with Crippen molar-refractivity contribution in [1.29, 1.82) is 0 Å². The van der Waals surface area contributed by atoms with Crippen molar-refractivity contribution in [3.8, 4) is 0 Å². The highest BCUT2D eigenvalue weighted by Crippen LogP contribution is 2.21. The van der Waals surface area contributed by atoms with Crippen LogP contribution in [0.25, 0.3) is 0 Å². The second-order valence-electron chi connectivity index (χ2n) is 9.04. The topological polar surface area (TPSA) is 111 Å². The van der Waals surface area contributed by atoms with Crippen molar-refractivity contribution in [2.75, 3.05) is 13.7 Å². The van der Waals surface area contributed by atoms with Gasteiger partial charge < -0.3 is 24.4 Å². The minimum absolute atomic E-state index is 0.0252. The summed E-state index contributed by atoms with van der Waals surface area (Å²) in [7, 11) is 1.27. The van der Waals surface area contributed by atoms with E-state index in [1.54, 1.807) is 41.5 Å². The molecule has 2 amide bonds. The maximum Gasteiger partial charge on any atom is 0.408 e. The van der Waals surface area contributed by atoms with E-state index in [0.717, 1.165) is 0 Å². The van der Waals surface area contributed by atoms with Crippen LogP contribution in [0.5, 0.6) is 0 Å². The number of rotatable bonds is 6. The second-order valence-corrected chi connectivity index (χ2v) is 9.04. The molecule has 166 valence electrons. The quantitative estimate of drug-likeness (QED) is 0.524. The third kappa shape index (κ3) is 8.70. The minimum atomic E-state index is -1.03. The highest BCUT2D eigenvalue weighted by Gasteiger charge is 2.39. The predicted molar refractivity (Wildman–Crippen MR) is 105 cm³/mol. The van der Waals surface area contributed by atoms with Gasteiger partial charge in [0.15, 0.2) is 0 Å². The standard InChI is InChI=1S/C20H34N2O7/c1-19(2,3)28-15(23)11-10-13(21-18(26)29-20(4,5)6)16(24)22-12-8-9-14(22)17(25)27-7/h13-14H,8-12H2,1-7H3,(H,21,26). The van der Waals surface area contributed by atoms with Crippen molar-refractivity contribution in [3.05, 3.63) is 0 Å². The average Bonchev–Trinajstić information content (AvgIpc) is 3.03. The molecule has 29 heavy (non-hydrogen) atoms. The van der Waals surface area contributed by atoms with Crippen LogP contribution in [0.1, 0.15) is 67.2 Å². The molecule has 9 heteroatoms. The number of hydrogen-bond donors (Lipinski definition) is 1. The molecule has 1 fully saturated rings. The molecule has 0 aromatic rings. The summed E-state index contributed by atoms with van der Waals surface area (Å²) in [6, 6.07) is -1.72. The number of likely N-dealkylation sites (tertiary alicyclic amines) is 1. The smallest absolute Gasteiger partial charge is 0.408 e. The van der Waals surface area contributed by atoms with Crippen molar-refractivity contribution in [2.24, 2.45) is 0 Å². The number of alkyl carbamates (subject to hydrolysis) is 1. The first-order valence-corrected chi connectivity index (χ1v) is 9.83. The number of ether oxygens (including phenoxy) is 3. The zero-order chi connectivity index (χ0) is 22.4. The summed E-state index contributed by atoms with van der Waals surface area (Å²) in [4.78, 5) is 50.7. The van der Waals surface area contributed by atoms with Crippen LogP contribution in [-0.2, 0) is 28.6 Å². The van der Waals surface area contributed by atoms with Crippen molar-refractivity contribution in [3.63, 3.8) is 0 Å². The number of carbonyl (C=O) groups is 4. The molecule has 0 saturated carbocycles. The number of hydrogen-bond acceptors (Lipinski definition) is 7. The third-order valence-corrected chi connectivity index (χ3v) is 4.06. The fourth-order valence-corrected chi connectivity index (χ4v) is 2.97. The van der Waals surface area contributed by atoms with E-state index >= 15 is 0 Å². The zero-order valence-electron chi connectivity index (χ0n) is 18.5. The van der Waals surface area contributed by atoms with Gasteiger partial charge in [-0.2, -0.15) is 0 Å². The second kappa shape index (κ2) is 9.93. The number of nitrogens with zero attached hydrogens (tertiary/aromatic N) is 1. The molecule has 1 rings (SSSR count). The molecule has 0 aromatic heterocycles. The van der Waals surface area contributed by atoms with Crippen LogP contribution in [0, 0.1) is 0 Å². The Hall–Kier alpha value is -2.32. The van der Waals surface area contributed by atoms with Crippen molar-refractivity contribution in [2.45, 2.75) is 90.5 Å². The van der Waals surface area contributed by atoms with Crippen LogP contribution >= 0.6 is 0 Å². The number of methoxy groups -OCH3 is 1. The molecule has 9 nitrogen and oxygen atoms in total. The molecule has 1 aliphatic heterocycles. The summed E-state index contributed by atoms with van der Waals surface area (Å²) < 4.78 is 15.3. The van der Waals surface area contributed by atoms with E-state index in [4.69, 9.17) is 14.2 Å². The highest BCUT2D eigenvalue weighted by molar-refractivity contribution is 5.90. The Balaban J connectivity index is 2.90. The number of esters is 2. The van der Waals surface area contributed by atoms with Crippen LogP contribution in [0.15, 0.2) is 0 Å². The van der Waals surface area contributed by atoms with E-state index in [1.165, 1.54) is 12.0 Å². The molecular weight excluding hydrogens is 380 g/mol. The molecule has 2 unspecified atom stereocenters. The summed E-state index contributed by atoms with van der Waals surface area (Å²) in [6.07, 6.45) is 0.326. The number of carbonyl (C=O) groups excluding carboxylic acids is 4. The summed E-state index contributed by atoms with van der Waals surface area (Å²) in [5, 5.41) is 2.53. The molecule has 0 aliphatic carbocycles. The largest absolute Gasteiger partial charge is 0.467 e. The molecule has 1 heterocycles. The minimum Gasteiger partial charge on any atom is -0.467 e. The molecule has 0 aromatic carbocycles. The summed E-state index contributed by atoms with van der Waals surface area (Å²) in [5.41, 5.74) is -1.40. The Kier molecular flexibility index (Phi) is 8.47. The van der Waals surface area contributed by atoms with E-state index in [-0.39, 0.29) is 12.8 Å². The Labute approximate surface area is 172 Å². The van der Waals surface area contributed by atoms with Crippen LogP contribution in [0.3, 0.4) is 0 Å². The van der Waals surface area contributed by atoms with E-state index in [0.29, 0.717) is 19.4 Å². The SMILES string of the molecule is COC(=O)C1CCCN1C(=O)C(CCC(=O)OC(C)(C)C)NC(=O)OC(C)(C)C. The Bertz CT molecular complexity index is 619. The van der Waals surface area contributed by atoms with Gasteiger partial charge in [-0.05, 0) is 60.8 Å². The van der Waals surface area contributed by atoms with Gasteiger partial charge in [0.05, 0.1) is 7.11 Å². The molecule has 2 atom stereocenters. The van der Waals surface area contributed by atoms with Crippen molar-refractivity contribution in [1.82, 2.24) is 10.2 Å². The zero-order valence-corrected chi connectivity index (χ0v) is 18.5. The fourth-order valence-electron chi connectivity index (χ4n) is 2.97. The first-order chi connectivity index (χ1) is 13.2. The van der Waals surface area contributed by atoms with Gasteiger partial charge >= 0.3 is 18.0 Å². The Morgan fingerprint density at radius 3 is 2.14 bits per heavy atom. The van der Waals surface area contributed by atoms with Gasteiger partial charge in [0.1, 0.15) is 23.3 Å². The van der Waals surface area contributed by atoms with Gasteiger partial charge in [0, 0.05) is 13.0 Å². The molecule has 0 radical (unpaired) electrons. The monoisotopic (exact) mass is 414 g/mol. The summed E-state index contributed by atoms with van der Waals surface area (Å²) in [6.45, 7) is 10.7. The fraction of sp³-hybridized carbons (Fsp3) is 0.800. The molecule has 0 bridgehead atoms. The molecule has 1 saturated heterocycles. The van der Waals surface area contributed by atoms with E-state index < -0.39 is 47.2 Å². The molecule has 1 aliphatic rings. The lowest BCUT2D eigenvalue weighted by Crippen LogP contribution is -2.52. The first kappa shape index (κ1) is 24.7. The van der Waals surface area contributed by atoms with Crippen LogP contribution < -0.4 is 5.32 Å². The average molecular weight is 414 g/mol. The lowest BCUT2D eigenvalue weighted by Gasteiger charge is -2.29. The van der Waals surface area contributed by atoms with Crippen molar-refractivity contribution >= 4 is 23.9 Å². The lowest BCUT2D eigenvalue weighted by atomic mass is 10.1. The van der Waals surface area contributed by atoms with Gasteiger partial charge in [-0.1, -0.05) is 0 Å². The number of amides is 2. The van der Waals surface area contributed by atoms with E-state index in [1.807, 2.05) is 0 Å². The Morgan fingerprint density at radius 2 is 1.62 bits per heavy atom. The van der Waals surface area contributed by atoms with Crippen LogP contribution in [0.4, 0.5) is 4.79 Å².